The molecular weight excluding hydrogens is 306 g/mol. The summed E-state index contributed by atoms with van der Waals surface area (Å²) < 4.78 is 0. The Bertz CT molecular complexity index is 456. The molecule has 2 heteroatoms. The van der Waals surface area contributed by atoms with Crippen molar-refractivity contribution < 1.29 is 5.11 Å². The van der Waals surface area contributed by atoms with E-state index >= 15 is 0 Å². The van der Waals surface area contributed by atoms with E-state index in [1.165, 1.54) is 75.3 Å². The Morgan fingerprint density at radius 1 is 0.920 bits per heavy atom. The van der Waals surface area contributed by atoms with Crippen LogP contribution in [0, 0.1) is 0 Å². The van der Waals surface area contributed by atoms with Crippen LogP contribution in [0.2, 0.25) is 0 Å². The van der Waals surface area contributed by atoms with Crippen LogP contribution in [0.5, 0.6) is 0 Å². The molecule has 1 fully saturated rings. The second-order valence-electron chi connectivity index (χ2n) is 7.79. The van der Waals surface area contributed by atoms with Crippen LogP contribution in [-0.2, 0) is 6.42 Å². The number of aryl methyl sites for hydroxylation is 1. The molecule has 142 valence electrons. The largest absolute Gasteiger partial charge is 0.395 e. The van der Waals surface area contributed by atoms with Crippen molar-refractivity contribution in [3.05, 3.63) is 35.4 Å². The highest BCUT2D eigenvalue weighted by Gasteiger charge is 2.33. The Kier molecular flexibility index (Phi) is 9.57. The highest BCUT2D eigenvalue weighted by atomic mass is 16.3. The van der Waals surface area contributed by atoms with Gasteiger partial charge in [0.25, 0.3) is 0 Å². The van der Waals surface area contributed by atoms with Crippen LogP contribution in [0.25, 0.3) is 0 Å². The molecule has 1 aromatic rings. The molecule has 0 spiro atoms. The van der Waals surface area contributed by atoms with E-state index in [2.05, 4.69) is 43.0 Å². The molecule has 0 saturated carbocycles. The molecule has 25 heavy (non-hydrogen) atoms. The fourth-order valence-electron chi connectivity index (χ4n) is 4.23. The van der Waals surface area contributed by atoms with E-state index < -0.39 is 0 Å². The summed E-state index contributed by atoms with van der Waals surface area (Å²) in [4.78, 5) is 2.50. The number of hydrogen-bond acceptors (Lipinski definition) is 2. The van der Waals surface area contributed by atoms with Crippen LogP contribution in [0.3, 0.4) is 0 Å². The van der Waals surface area contributed by atoms with Crippen molar-refractivity contribution >= 4 is 0 Å². The SMILES string of the molecule is CCCCCCCCc1ccc(C2CCN(CCCC)C2CO)cc1. The molecule has 2 unspecified atom stereocenters. The normalized spacial score (nSPS) is 21.1. The van der Waals surface area contributed by atoms with Crippen molar-refractivity contribution in [3.63, 3.8) is 0 Å². The third-order valence-electron chi connectivity index (χ3n) is 5.87. The van der Waals surface area contributed by atoms with Gasteiger partial charge in [0.1, 0.15) is 0 Å². The topological polar surface area (TPSA) is 23.5 Å². The monoisotopic (exact) mass is 345 g/mol. The summed E-state index contributed by atoms with van der Waals surface area (Å²) >= 11 is 0. The molecule has 2 atom stereocenters. The standard InChI is InChI=1S/C23H39NO/c1-3-5-7-8-9-10-11-20-12-14-21(15-13-20)22-16-18-24(17-6-4-2)23(22)19-25/h12-15,22-23,25H,3-11,16-19H2,1-2H3. The number of unbranched alkanes of at least 4 members (excludes halogenated alkanes) is 6. The zero-order valence-corrected chi connectivity index (χ0v) is 16.6. The average Bonchev–Trinajstić information content (AvgIpc) is 3.06. The van der Waals surface area contributed by atoms with Gasteiger partial charge in [-0.25, -0.2) is 0 Å². The lowest BCUT2D eigenvalue weighted by atomic mass is 9.91. The highest BCUT2D eigenvalue weighted by Crippen LogP contribution is 2.33. The van der Waals surface area contributed by atoms with Gasteiger partial charge < -0.3 is 5.11 Å². The van der Waals surface area contributed by atoms with Gasteiger partial charge in [-0.15, -0.1) is 0 Å². The molecule has 1 aliphatic heterocycles. The van der Waals surface area contributed by atoms with E-state index in [1.54, 1.807) is 0 Å². The number of hydrogen-bond donors (Lipinski definition) is 1. The molecule has 1 heterocycles. The van der Waals surface area contributed by atoms with E-state index in [0.29, 0.717) is 12.0 Å². The maximum Gasteiger partial charge on any atom is 0.0592 e. The average molecular weight is 346 g/mol. The van der Waals surface area contributed by atoms with Crippen LogP contribution >= 0.6 is 0 Å². The van der Waals surface area contributed by atoms with Crippen LogP contribution < -0.4 is 0 Å². The molecule has 0 aliphatic carbocycles. The van der Waals surface area contributed by atoms with Gasteiger partial charge in [0, 0.05) is 12.0 Å². The zero-order valence-electron chi connectivity index (χ0n) is 16.6. The van der Waals surface area contributed by atoms with Crippen LogP contribution in [0.15, 0.2) is 24.3 Å². The first-order valence-corrected chi connectivity index (χ1v) is 10.7. The highest BCUT2D eigenvalue weighted by molar-refractivity contribution is 5.27. The van der Waals surface area contributed by atoms with Gasteiger partial charge >= 0.3 is 0 Å². The molecule has 0 bridgehead atoms. The van der Waals surface area contributed by atoms with Crippen molar-refractivity contribution in [2.45, 2.75) is 90.0 Å². The minimum absolute atomic E-state index is 0.286. The molecule has 1 aliphatic rings. The van der Waals surface area contributed by atoms with Gasteiger partial charge in [0.15, 0.2) is 0 Å². The maximum absolute atomic E-state index is 9.89. The molecule has 2 nitrogen and oxygen atoms in total. The maximum atomic E-state index is 9.89. The number of nitrogens with zero attached hydrogens (tertiary/aromatic N) is 1. The second kappa shape index (κ2) is 11.7. The Hall–Kier alpha value is -0.860. The summed E-state index contributed by atoms with van der Waals surface area (Å²) in [6.45, 7) is 7.07. The number of rotatable bonds is 12. The lowest BCUT2D eigenvalue weighted by Gasteiger charge is -2.26. The predicted molar refractivity (Wildman–Crippen MR) is 108 cm³/mol. The van der Waals surface area contributed by atoms with Crippen LogP contribution in [0.1, 0.15) is 88.7 Å². The number of aliphatic hydroxyl groups is 1. The predicted octanol–water partition coefficient (Wildman–Crippen LogP) is 5.54. The third kappa shape index (κ3) is 6.42. The smallest absolute Gasteiger partial charge is 0.0592 e. The first kappa shape index (κ1) is 20.5. The molecule has 1 aromatic carbocycles. The van der Waals surface area contributed by atoms with Gasteiger partial charge in [-0.2, -0.15) is 0 Å². The van der Waals surface area contributed by atoms with Gasteiger partial charge in [-0.05, 0) is 49.9 Å². The zero-order chi connectivity index (χ0) is 17.9. The molecule has 1 saturated heterocycles. The Balaban J connectivity index is 1.80. The van der Waals surface area contributed by atoms with Gasteiger partial charge in [-0.3, -0.25) is 4.90 Å². The van der Waals surface area contributed by atoms with Crippen molar-refractivity contribution in [1.82, 2.24) is 4.90 Å². The fourth-order valence-corrected chi connectivity index (χ4v) is 4.23. The number of benzene rings is 1. The van der Waals surface area contributed by atoms with E-state index in [0.717, 1.165) is 13.1 Å². The summed E-state index contributed by atoms with van der Waals surface area (Å²) in [5.74, 6) is 0.505. The molecular formula is C23H39NO. The molecule has 0 amide bonds. The van der Waals surface area contributed by atoms with Crippen molar-refractivity contribution in [2.75, 3.05) is 19.7 Å². The molecule has 0 radical (unpaired) electrons. The first-order chi connectivity index (χ1) is 12.3. The lowest BCUT2D eigenvalue weighted by molar-refractivity contribution is 0.149. The van der Waals surface area contributed by atoms with Crippen LogP contribution in [0.4, 0.5) is 0 Å². The number of aliphatic hydroxyl groups excluding tert-OH is 1. The summed E-state index contributed by atoms with van der Waals surface area (Å²) in [5, 5.41) is 9.89. The Labute approximate surface area is 155 Å². The van der Waals surface area contributed by atoms with Gasteiger partial charge in [-0.1, -0.05) is 76.6 Å². The van der Waals surface area contributed by atoms with Gasteiger partial charge in [0.05, 0.1) is 6.61 Å². The van der Waals surface area contributed by atoms with Crippen molar-refractivity contribution in [2.24, 2.45) is 0 Å². The van der Waals surface area contributed by atoms with Gasteiger partial charge in [0.2, 0.25) is 0 Å². The van der Waals surface area contributed by atoms with E-state index in [4.69, 9.17) is 0 Å². The molecule has 2 rings (SSSR count). The molecule has 1 N–H and O–H groups in total. The summed E-state index contributed by atoms with van der Waals surface area (Å²) in [5.41, 5.74) is 2.89. The quantitative estimate of drug-likeness (QED) is 0.503. The summed E-state index contributed by atoms with van der Waals surface area (Å²) in [6, 6.07) is 9.61. The second-order valence-corrected chi connectivity index (χ2v) is 7.79. The molecule has 0 aromatic heterocycles. The van der Waals surface area contributed by atoms with E-state index in [-0.39, 0.29) is 6.61 Å². The van der Waals surface area contributed by atoms with E-state index in [9.17, 15) is 5.11 Å². The van der Waals surface area contributed by atoms with Crippen molar-refractivity contribution in [1.29, 1.82) is 0 Å². The summed E-state index contributed by atoms with van der Waals surface area (Å²) in [6.07, 6.45) is 13.0. The Morgan fingerprint density at radius 2 is 1.60 bits per heavy atom. The third-order valence-corrected chi connectivity index (χ3v) is 5.87. The Morgan fingerprint density at radius 3 is 2.28 bits per heavy atom. The lowest BCUT2D eigenvalue weighted by Crippen LogP contribution is -2.35. The number of likely N-dealkylation sites (tertiary alicyclic amines) is 1. The minimum Gasteiger partial charge on any atom is -0.395 e. The van der Waals surface area contributed by atoms with E-state index in [1.807, 2.05) is 0 Å². The summed E-state index contributed by atoms with van der Waals surface area (Å²) in [7, 11) is 0. The fraction of sp³-hybridized carbons (Fsp3) is 0.739. The van der Waals surface area contributed by atoms with Crippen molar-refractivity contribution in [3.8, 4) is 0 Å². The van der Waals surface area contributed by atoms with Crippen LogP contribution in [-0.4, -0.2) is 35.7 Å². The first-order valence-electron chi connectivity index (χ1n) is 10.7. The minimum atomic E-state index is 0.286.